The zero-order valence-corrected chi connectivity index (χ0v) is 18.4. The van der Waals surface area contributed by atoms with Crippen LogP contribution in [-0.4, -0.2) is 35.2 Å². The molecule has 0 aromatic heterocycles. The summed E-state index contributed by atoms with van der Waals surface area (Å²) >= 11 is 0. The number of hydrogen-bond donors (Lipinski definition) is 3. The molecule has 0 atom stereocenters. The molecule has 1 fully saturated rings. The summed E-state index contributed by atoms with van der Waals surface area (Å²) in [5.41, 5.74) is 0.459. The smallest absolute Gasteiger partial charge is 0.352 e. The topological polar surface area (TPSA) is 122 Å². The third kappa shape index (κ3) is 6.83. The van der Waals surface area contributed by atoms with Gasteiger partial charge in [-0.05, 0) is 54.3 Å². The molecule has 33 heavy (non-hydrogen) atoms. The predicted molar refractivity (Wildman–Crippen MR) is 121 cm³/mol. The molecule has 1 aliphatic rings. The third-order valence-electron chi connectivity index (χ3n) is 5.59. The van der Waals surface area contributed by atoms with E-state index in [9.17, 15) is 19.5 Å². The number of nitrogens with one attached hydrogen (secondary N) is 1. The van der Waals surface area contributed by atoms with Crippen molar-refractivity contribution in [2.24, 2.45) is 5.92 Å². The summed E-state index contributed by atoms with van der Waals surface area (Å²) in [5.74, 6) is -0.972. The minimum Gasteiger partial charge on any atom is -0.493 e. The Balaban J connectivity index is 1.65. The van der Waals surface area contributed by atoms with Gasteiger partial charge in [-0.2, -0.15) is 0 Å². The number of hydrogen-bond acceptors (Lipinski definition) is 5. The first kappa shape index (κ1) is 23.8. The molecule has 3 N–H and O–H groups in total. The van der Waals surface area contributed by atoms with Crippen molar-refractivity contribution in [1.82, 2.24) is 5.32 Å². The lowest BCUT2D eigenvalue weighted by Crippen LogP contribution is -2.27. The lowest BCUT2D eigenvalue weighted by molar-refractivity contribution is -0.134. The molecule has 1 aliphatic carbocycles. The highest BCUT2D eigenvalue weighted by Crippen LogP contribution is 2.32. The van der Waals surface area contributed by atoms with Crippen LogP contribution in [0.25, 0.3) is 6.08 Å². The standard InChI is InChI=1S/C25H27NO7/c1-32-22-15-18(24(28)29)9-12-21(22)33-19-10-6-17(7-11-19)14-20(25(30)31)26-23(27)13-8-16-4-2-3-5-16/h6-7,9-12,14-16H,2-5,8,13H2,1H3,(H,26,27)(H,28,29)(H,30,31)/b20-14-. The Morgan fingerprint density at radius 2 is 1.73 bits per heavy atom. The zero-order valence-electron chi connectivity index (χ0n) is 18.4. The Labute approximate surface area is 191 Å². The van der Waals surface area contributed by atoms with Gasteiger partial charge in [0.05, 0.1) is 12.7 Å². The Kier molecular flexibility index (Phi) is 8.07. The molecule has 8 nitrogen and oxygen atoms in total. The highest BCUT2D eigenvalue weighted by molar-refractivity contribution is 5.96. The van der Waals surface area contributed by atoms with Crippen molar-refractivity contribution in [3.8, 4) is 17.2 Å². The van der Waals surface area contributed by atoms with Gasteiger partial charge in [-0.15, -0.1) is 0 Å². The van der Waals surface area contributed by atoms with E-state index in [4.69, 9.17) is 14.6 Å². The number of carboxylic acids is 2. The molecular weight excluding hydrogens is 426 g/mol. The van der Waals surface area contributed by atoms with Crippen LogP contribution < -0.4 is 14.8 Å². The molecule has 0 spiro atoms. The molecule has 3 rings (SSSR count). The molecule has 8 heteroatoms. The molecule has 0 unspecified atom stereocenters. The van der Waals surface area contributed by atoms with Gasteiger partial charge in [0.2, 0.25) is 5.91 Å². The van der Waals surface area contributed by atoms with Crippen LogP contribution >= 0.6 is 0 Å². The first-order valence-corrected chi connectivity index (χ1v) is 10.8. The molecule has 0 aliphatic heterocycles. The number of carboxylic acid groups (broad SMARTS) is 2. The average molecular weight is 453 g/mol. The van der Waals surface area contributed by atoms with Crippen molar-refractivity contribution in [2.45, 2.75) is 38.5 Å². The highest BCUT2D eigenvalue weighted by atomic mass is 16.5. The maximum absolute atomic E-state index is 12.2. The molecular formula is C25H27NO7. The maximum Gasteiger partial charge on any atom is 0.352 e. The number of carbonyl (C=O) groups is 3. The van der Waals surface area contributed by atoms with E-state index in [-0.39, 0.29) is 22.9 Å². The molecule has 1 amide bonds. The zero-order chi connectivity index (χ0) is 23.8. The van der Waals surface area contributed by atoms with Crippen LogP contribution in [0.5, 0.6) is 17.2 Å². The second kappa shape index (κ2) is 11.2. The molecule has 2 aromatic carbocycles. The van der Waals surface area contributed by atoms with E-state index in [0.717, 1.165) is 19.3 Å². The van der Waals surface area contributed by atoms with Gasteiger partial charge in [0.1, 0.15) is 11.4 Å². The maximum atomic E-state index is 12.2. The van der Waals surface area contributed by atoms with E-state index >= 15 is 0 Å². The largest absolute Gasteiger partial charge is 0.493 e. The van der Waals surface area contributed by atoms with Crippen LogP contribution in [0.1, 0.15) is 54.4 Å². The summed E-state index contributed by atoms with van der Waals surface area (Å²) < 4.78 is 11.0. The van der Waals surface area contributed by atoms with Gasteiger partial charge in [0, 0.05) is 6.42 Å². The average Bonchev–Trinajstić information content (AvgIpc) is 3.32. The number of carbonyl (C=O) groups excluding carboxylic acids is 1. The Bertz CT molecular complexity index is 1040. The fraction of sp³-hybridized carbons (Fsp3) is 0.320. The van der Waals surface area contributed by atoms with Crippen molar-refractivity contribution in [2.75, 3.05) is 7.11 Å². The van der Waals surface area contributed by atoms with E-state index in [1.165, 1.54) is 44.2 Å². The van der Waals surface area contributed by atoms with E-state index in [2.05, 4.69) is 5.32 Å². The van der Waals surface area contributed by atoms with Crippen molar-refractivity contribution < 1.29 is 34.1 Å². The van der Waals surface area contributed by atoms with Crippen LogP contribution in [0, 0.1) is 5.92 Å². The third-order valence-corrected chi connectivity index (χ3v) is 5.59. The minimum absolute atomic E-state index is 0.0752. The van der Waals surface area contributed by atoms with Crippen molar-refractivity contribution >= 4 is 23.9 Å². The molecule has 0 radical (unpaired) electrons. The van der Waals surface area contributed by atoms with E-state index in [0.29, 0.717) is 29.4 Å². The minimum atomic E-state index is -1.22. The fourth-order valence-corrected chi connectivity index (χ4v) is 3.81. The number of benzene rings is 2. The quantitative estimate of drug-likeness (QED) is 0.446. The Morgan fingerprint density at radius 3 is 2.33 bits per heavy atom. The molecule has 1 saturated carbocycles. The second-order valence-corrected chi connectivity index (χ2v) is 7.94. The van der Waals surface area contributed by atoms with Crippen LogP contribution in [0.2, 0.25) is 0 Å². The van der Waals surface area contributed by atoms with Gasteiger partial charge in [0.25, 0.3) is 0 Å². The van der Waals surface area contributed by atoms with Crippen molar-refractivity contribution in [3.05, 3.63) is 59.3 Å². The lowest BCUT2D eigenvalue weighted by Gasteiger charge is -2.11. The lowest BCUT2D eigenvalue weighted by atomic mass is 10.0. The predicted octanol–water partition coefficient (Wildman–Crippen LogP) is 4.70. The normalized spacial score (nSPS) is 14.0. The number of amides is 1. The number of ether oxygens (including phenoxy) is 2. The molecule has 0 saturated heterocycles. The number of methoxy groups -OCH3 is 1. The molecule has 2 aromatic rings. The van der Waals surface area contributed by atoms with Gasteiger partial charge in [-0.25, -0.2) is 9.59 Å². The number of rotatable bonds is 10. The Morgan fingerprint density at radius 1 is 1.03 bits per heavy atom. The molecule has 174 valence electrons. The summed E-state index contributed by atoms with van der Waals surface area (Å²) in [4.78, 5) is 34.9. The van der Waals surface area contributed by atoms with Gasteiger partial charge in [0.15, 0.2) is 11.5 Å². The summed E-state index contributed by atoms with van der Waals surface area (Å²) in [6.07, 6.45) is 7.16. The molecule has 0 bridgehead atoms. The van der Waals surface area contributed by atoms with E-state index in [1.807, 2.05) is 0 Å². The summed E-state index contributed by atoms with van der Waals surface area (Å²) in [6, 6.07) is 10.9. The SMILES string of the molecule is COc1cc(C(=O)O)ccc1Oc1ccc(/C=C(\NC(=O)CCC2CCCC2)C(=O)O)cc1. The van der Waals surface area contributed by atoms with Crippen LogP contribution in [0.15, 0.2) is 48.2 Å². The number of aliphatic carboxylic acids is 1. The molecule has 0 heterocycles. The summed E-state index contributed by atoms with van der Waals surface area (Å²) in [7, 11) is 1.41. The van der Waals surface area contributed by atoms with Crippen LogP contribution in [0.3, 0.4) is 0 Å². The first-order valence-electron chi connectivity index (χ1n) is 10.8. The van der Waals surface area contributed by atoms with E-state index in [1.54, 1.807) is 24.3 Å². The van der Waals surface area contributed by atoms with Gasteiger partial charge in [-0.3, -0.25) is 4.79 Å². The second-order valence-electron chi connectivity index (χ2n) is 7.94. The van der Waals surface area contributed by atoms with Crippen molar-refractivity contribution in [1.29, 1.82) is 0 Å². The van der Waals surface area contributed by atoms with Crippen LogP contribution in [-0.2, 0) is 9.59 Å². The monoisotopic (exact) mass is 453 g/mol. The van der Waals surface area contributed by atoms with Gasteiger partial charge < -0.3 is 25.0 Å². The van der Waals surface area contributed by atoms with Crippen LogP contribution in [0.4, 0.5) is 0 Å². The highest BCUT2D eigenvalue weighted by Gasteiger charge is 2.18. The summed E-state index contributed by atoms with van der Waals surface area (Å²) in [5, 5.41) is 21.1. The number of aromatic carboxylic acids is 1. The van der Waals surface area contributed by atoms with E-state index < -0.39 is 11.9 Å². The van der Waals surface area contributed by atoms with Gasteiger partial charge in [-0.1, -0.05) is 37.8 Å². The van der Waals surface area contributed by atoms with Gasteiger partial charge >= 0.3 is 11.9 Å². The fourth-order valence-electron chi connectivity index (χ4n) is 3.81. The first-order chi connectivity index (χ1) is 15.9. The van der Waals surface area contributed by atoms with Crippen molar-refractivity contribution in [3.63, 3.8) is 0 Å². The summed E-state index contributed by atoms with van der Waals surface area (Å²) in [6.45, 7) is 0. The Hall–Kier alpha value is -3.81.